The van der Waals surface area contributed by atoms with Gasteiger partial charge in [-0.1, -0.05) is 101 Å². The lowest BCUT2D eigenvalue weighted by atomic mass is 9.92. The average Bonchev–Trinajstić information content (AvgIpc) is 3.58. The van der Waals surface area contributed by atoms with Crippen molar-refractivity contribution < 1.29 is 38.1 Å². The lowest BCUT2D eigenvalue weighted by Crippen LogP contribution is -2.10. The van der Waals surface area contributed by atoms with Crippen LogP contribution in [-0.2, 0) is 35.3 Å². The van der Waals surface area contributed by atoms with Gasteiger partial charge in [-0.3, -0.25) is 9.59 Å². The van der Waals surface area contributed by atoms with Gasteiger partial charge in [0.15, 0.2) is 0 Å². The Morgan fingerprint density at radius 1 is 0.403 bits per heavy atom. The van der Waals surface area contributed by atoms with Gasteiger partial charge in [0.25, 0.3) is 0 Å². The van der Waals surface area contributed by atoms with Crippen LogP contribution in [0.4, 0.5) is 0 Å². The van der Waals surface area contributed by atoms with E-state index in [1.807, 2.05) is 84.9 Å². The van der Waals surface area contributed by atoms with Gasteiger partial charge in [0.1, 0.15) is 23.0 Å². The molecule has 6 aromatic carbocycles. The van der Waals surface area contributed by atoms with Crippen molar-refractivity contribution in [1.82, 2.24) is 0 Å². The molecule has 0 atom stereocenters. The fourth-order valence-corrected chi connectivity index (χ4v) is 7.87. The number of aryl methyl sites for hydroxylation is 4. The maximum atomic E-state index is 13.0. The van der Waals surface area contributed by atoms with Gasteiger partial charge in [-0.25, -0.2) is 9.59 Å². The first kappa shape index (κ1) is 43.3. The summed E-state index contributed by atoms with van der Waals surface area (Å²) in [7, 11) is 0. The van der Waals surface area contributed by atoms with Crippen LogP contribution in [0, 0.1) is 0 Å². The van der Waals surface area contributed by atoms with Crippen molar-refractivity contribution in [1.29, 1.82) is 0 Å². The third kappa shape index (κ3) is 11.1. The Balaban J connectivity index is 0.889. The maximum Gasteiger partial charge on any atom is 0.343 e. The molecular weight excluding hydrogens is 777 g/mol. The topological polar surface area (TPSA) is 105 Å². The van der Waals surface area contributed by atoms with Crippen LogP contribution in [0.1, 0.15) is 119 Å². The van der Waals surface area contributed by atoms with Crippen molar-refractivity contribution in [3.05, 3.63) is 178 Å². The molecule has 0 unspecified atom stereocenters. The van der Waals surface area contributed by atoms with Gasteiger partial charge in [0, 0.05) is 18.8 Å². The molecule has 0 bridgehead atoms. The number of ether oxygens (including phenoxy) is 4. The van der Waals surface area contributed by atoms with Crippen LogP contribution in [0.5, 0.6) is 23.0 Å². The molecule has 1 aliphatic carbocycles. The van der Waals surface area contributed by atoms with E-state index in [2.05, 4.69) is 20.8 Å². The van der Waals surface area contributed by atoms with Crippen molar-refractivity contribution in [3.63, 3.8) is 0 Å². The minimum atomic E-state index is -0.412. The van der Waals surface area contributed by atoms with E-state index in [1.165, 1.54) is 11.1 Å². The molecule has 62 heavy (non-hydrogen) atoms. The van der Waals surface area contributed by atoms with Gasteiger partial charge in [0.05, 0.1) is 11.1 Å². The molecule has 0 heterocycles. The number of fused-ring (bicyclic) bond motifs is 3. The number of carbonyl (C=O) groups is 4. The van der Waals surface area contributed by atoms with Crippen LogP contribution in [-0.4, -0.2) is 23.9 Å². The van der Waals surface area contributed by atoms with Crippen molar-refractivity contribution in [2.45, 2.75) is 90.9 Å². The highest BCUT2D eigenvalue weighted by atomic mass is 16.5. The van der Waals surface area contributed by atoms with E-state index in [9.17, 15) is 19.2 Å². The van der Waals surface area contributed by atoms with Gasteiger partial charge >= 0.3 is 23.9 Å². The highest BCUT2D eigenvalue weighted by molar-refractivity contribution is 5.91. The highest BCUT2D eigenvalue weighted by Gasteiger charge is 2.29. The van der Waals surface area contributed by atoms with E-state index < -0.39 is 11.9 Å². The quantitative estimate of drug-likeness (QED) is 0.0623. The van der Waals surface area contributed by atoms with Crippen molar-refractivity contribution in [2.75, 3.05) is 0 Å². The van der Waals surface area contributed by atoms with Crippen LogP contribution in [0.15, 0.2) is 133 Å². The number of carbonyl (C=O) groups excluding carboxylic acids is 4. The molecule has 0 aromatic heterocycles. The first-order valence-corrected chi connectivity index (χ1v) is 21.7. The summed E-state index contributed by atoms with van der Waals surface area (Å²) in [5.74, 6) is 0.410. The van der Waals surface area contributed by atoms with Crippen LogP contribution >= 0.6 is 0 Å². The number of hydrogen-bond acceptors (Lipinski definition) is 8. The van der Waals surface area contributed by atoms with Gasteiger partial charge in [-0.05, 0) is 149 Å². The second-order valence-electron chi connectivity index (χ2n) is 15.7. The summed E-state index contributed by atoms with van der Waals surface area (Å²) in [6, 6.07) is 40.9. The smallest absolute Gasteiger partial charge is 0.343 e. The van der Waals surface area contributed by atoms with E-state index in [1.54, 1.807) is 48.5 Å². The standard InChI is InChI=1S/C54H52O8/c1-4-7-36-10-20-40(21-11-36)53(57)61-42-24-14-38(15-25-42)18-32-51(55)59-44-28-30-47-48-31-29-45(35-50(48)46(9-6-3)49(47)34-44)60-52(56)33-19-39-16-26-43(27-17-39)62-54(58)41-22-12-37(8-5-2)13-23-41/h10-17,20-31,34-35,46H,4-9,18-19,32-33H2,1-3H3. The molecule has 0 saturated heterocycles. The first-order valence-electron chi connectivity index (χ1n) is 21.7. The molecule has 316 valence electrons. The Kier molecular flexibility index (Phi) is 14.4. The molecule has 0 amide bonds. The zero-order valence-electron chi connectivity index (χ0n) is 35.6. The molecule has 0 N–H and O–H groups in total. The van der Waals surface area contributed by atoms with Crippen LogP contribution in [0.3, 0.4) is 0 Å². The summed E-state index contributed by atoms with van der Waals surface area (Å²) in [6.45, 7) is 6.37. The number of esters is 4. The molecule has 8 heteroatoms. The minimum Gasteiger partial charge on any atom is -0.427 e. The highest BCUT2D eigenvalue weighted by Crippen LogP contribution is 2.49. The molecule has 0 saturated carbocycles. The van der Waals surface area contributed by atoms with Crippen molar-refractivity contribution >= 4 is 23.9 Å². The zero-order valence-corrected chi connectivity index (χ0v) is 35.6. The summed E-state index contributed by atoms with van der Waals surface area (Å²) in [6.07, 6.45) is 7.15. The van der Waals surface area contributed by atoms with Crippen LogP contribution < -0.4 is 18.9 Å². The van der Waals surface area contributed by atoms with Crippen LogP contribution in [0.25, 0.3) is 11.1 Å². The van der Waals surface area contributed by atoms with Crippen LogP contribution in [0.2, 0.25) is 0 Å². The molecule has 0 fully saturated rings. The Hall–Kier alpha value is -6.80. The van der Waals surface area contributed by atoms with E-state index >= 15 is 0 Å². The van der Waals surface area contributed by atoms with Gasteiger partial charge in [-0.2, -0.15) is 0 Å². The molecule has 0 radical (unpaired) electrons. The zero-order chi connectivity index (χ0) is 43.4. The summed E-state index contributed by atoms with van der Waals surface area (Å²) in [5.41, 5.74) is 9.52. The first-order chi connectivity index (χ1) is 30.2. The molecule has 1 aliphatic rings. The predicted octanol–water partition coefficient (Wildman–Crippen LogP) is 12.0. The SMILES string of the molecule is CCCc1ccc(C(=O)Oc2ccc(CCC(=O)Oc3ccc4c(c3)C(CCC)c3cc(OC(=O)CCc5ccc(OC(=O)c6ccc(CCC)cc6)cc5)ccc3-4)cc2)cc1. The summed E-state index contributed by atoms with van der Waals surface area (Å²) >= 11 is 0. The Morgan fingerprint density at radius 2 is 0.758 bits per heavy atom. The van der Waals surface area contributed by atoms with E-state index in [4.69, 9.17) is 18.9 Å². The molecular formula is C54H52O8. The molecule has 7 rings (SSSR count). The Morgan fingerprint density at radius 3 is 1.13 bits per heavy atom. The number of rotatable bonds is 18. The van der Waals surface area contributed by atoms with E-state index in [-0.39, 0.29) is 30.7 Å². The Bertz CT molecular complexity index is 2330. The normalized spacial score (nSPS) is 11.7. The third-order valence-corrected chi connectivity index (χ3v) is 11.1. The van der Waals surface area contributed by atoms with E-state index in [0.717, 1.165) is 71.9 Å². The molecule has 6 aromatic rings. The summed E-state index contributed by atoms with van der Waals surface area (Å²) in [4.78, 5) is 51.3. The molecule has 8 nitrogen and oxygen atoms in total. The largest absolute Gasteiger partial charge is 0.427 e. The molecule has 0 spiro atoms. The monoisotopic (exact) mass is 828 g/mol. The number of benzene rings is 6. The van der Waals surface area contributed by atoms with Crippen molar-refractivity contribution in [2.24, 2.45) is 0 Å². The fraction of sp³-hybridized carbons (Fsp3) is 0.259. The predicted molar refractivity (Wildman–Crippen MR) is 240 cm³/mol. The molecule has 0 aliphatic heterocycles. The lowest BCUT2D eigenvalue weighted by molar-refractivity contribution is -0.135. The summed E-state index contributed by atoms with van der Waals surface area (Å²) < 4.78 is 22.8. The summed E-state index contributed by atoms with van der Waals surface area (Å²) in [5, 5.41) is 0. The fourth-order valence-electron chi connectivity index (χ4n) is 7.87. The van der Waals surface area contributed by atoms with Gasteiger partial charge in [0.2, 0.25) is 0 Å². The average molecular weight is 829 g/mol. The second-order valence-corrected chi connectivity index (χ2v) is 15.7. The Labute approximate surface area is 363 Å². The van der Waals surface area contributed by atoms with E-state index in [0.29, 0.717) is 47.0 Å². The maximum absolute atomic E-state index is 13.0. The van der Waals surface area contributed by atoms with Gasteiger partial charge in [-0.15, -0.1) is 0 Å². The minimum absolute atomic E-state index is 0.0587. The lowest BCUT2D eigenvalue weighted by Gasteiger charge is -2.14. The third-order valence-electron chi connectivity index (χ3n) is 11.1. The second kappa shape index (κ2) is 20.6. The number of hydrogen-bond donors (Lipinski definition) is 0. The van der Waals surface area contributed by atoms with Crippen molar-refractivity contribution in [3.8, 4) is 34.1 Å². The van der Waals surface area contributed by atoms with Gasteiger partial charge < -0.3 is 18.9 Å².